The molecule has 0 saturated carbocycles. The molecule has 3 nitrogen and oxygen atoms in total. The zero-order valence-electron chi connectivity index (χ0n) is 11.8. The van der Waals surface area contributed by atoms with E-state index in [1.807, 2.05) is 20.2 Å². The van der Waals surface area contributed by atoms with Crippen LogP contribution in [0, 0.1) is 6.92 Å². The summed E-state index contributed by atoms with van der Waals surface area (Å²) in [6, 6.07) is 8.06. The van der Waals surface area contributed by atoms with Gasteiger partial charge in [-0.25, -0.2) is 0 Å². The third-order valence-corrected chi connectivity index (χ3v) is 3.98. The lowest BCUT2D eigenvalue weighted by Gasteiger charge is -2.36. The molecule has 3 heteroatoms. The first-order valence-corrected chi connectivity index (χ1v) is 6.26. The van der Waals surface area contributed by atoms with Crippen molar-refractivity contribution < 1.29 is 4.42 Å². The van der Waals surface area contributed by atoms with Crippen molar-refractivity contribution in [1.82, 2.24) is 4.90 Å². The number of fused-ring (bicyclic) bond motifs is 1. The van der Waals surface area contributed by atoms with E-state index in [2.05, 4.69) is 43.9 Å². The van der Waals surface area contributed by atoms with Gasteiger partial charge in [0, 0.05) is 10.9 Å². The number of para-hydroxylation sites is 1. The molecule has 0 saturated heterocycles. The summed E-state index contributed by atoms with van der Waals surface area (Å²) in [5, 5.41) is 1.12. The lowest BCUT2D eigenvalue weighted by Crippen LogP contribution is -2.47. The zero-order chi connectivity index (χ0) is 13.5. The van der Waals surface area contributed by atoms with E-state index in [0.717, 1.165) is 22.3 Å². The van der Waals surface area contributed by atoms with E-state index in [-0.39, 0.29) is 11.6 Å². The first kappa shape index (κ1) is 13.1. The van der Waals surface area contributed by atoms with Crippen LogP contribution in [0.5, 0.6) is 0 Å². The molecule has 2 N–H and O–H groups in total. The predicted molar refractivity (Wildman–Crippen MR) is 75.6 cm³/mol. The van der Waals surface area contributed by atoms with Gasteiger partial charge >= 0.3 is 0 Å². The summed E-state index contributed by atoms with van der Waals surface area (Å²) in [5.41, 5.74) is 8.29. The number of hydrogen-bond acceptors (Lipinski definition) is 3. The van der Waals surface area contributed by atoms with Crippen LogP contribution in [0.15, 0.2) is 28.7 Å². The van der Waals surface area contributed by atoms with Crippen LogP contribution in [0.4, 0.5) is 0 Å². The van der Waals surface area contributed by atoms with Crippen molar-refractivity contribution in [2.75, 3.05) is 14.1 Å². The van der Waals surface area contributed by atoms with Crippen LogP contribution < -0.4 is 5.73 Å². The highest BCUT2D eigenvalue weighted by molar-refractivity contribution is 5.81. The van der Waals surface area contributed by atoms with Crippen LogP contribution in [0.3, 0.4) is 0 Å². The smallest absolute Gasteiger partial charge is 0.137 e. The standard InChI is InChI=1S/C15H22N2O/c1-10-7-6-8-11-9-12(18-13(10)11)14(16)15(2,3)17(4)5/h6-9,14H,16H2,1-5H3. The second-order valence-electron chi connectivity index (χ2n) is 5.67. The Morgan fingerprint density at radius 2 is 1.94 bits per heavy atom. The molecule has 0 bridgehead atoms. The molecule has 0 radical (unpaired) electrons. The molecule has 1 aromatic heterocycles. The summed E-state index contributed by atoms with van der Waals surface area (Å²) in [6.45, 7) is 6.30. The van der Waals surface area contributed by atoms with Gasteiger partial charge in [-0.05, 0) is 46.5 Å². The summed E-state index contributed by atoms with van der Waals surface area (Å²) in [7, 11) is 4.07. The maximum Gasteiger partial charge on any atom is 0.137 e. The van der Waals surface area contributed by atoms with Gasteiger partial charge in [-0.2, -0.15) is 0 Å². The summed E-state index contributed by atoms with van der Waals surface area (Å²) in [5.74, 6) is 0.845. The normalized spacial score (nSPS) is 14.4. The van der Waals surface area contributed by atoms with Crippen molar-refractivity contribution in [3.05, 3.63) is 35.6 Å². The molecule has 0 aliphatic carbocycles. The van der Waals surface area contributed by atoms with Gasteiger partial charge in [0.05, 0.1) is 6.04 Å². The highest BCUT2D eigenvalue weighted by Gasteiger charge is 2.32. The Labute approximate surface area is 109 Å². The molecule has 98 valence electrons. The van der Waals surface area contributed by atoms with Crippen molar-refractivity contribution in [3.8, 4) is 0 Å². The van der Waals surface area contributed by atoms with E-state index in [1.165, 1.54) is 0 Å². The predicted octanol–water partition coefficient (Wildman–Crippen LogP) is 3.08. The van der Waals surface area contributed by atoms with Crippen LogP contribution in [-0.2, 0) is 0 Å². The molecular weight excluding hydrogens is 224 g/mol. The number of nitrogens with two attached hydrogens (primary N) is 1. The molecule has 18 heavy (non-hydrogen) atoms. The van der Waals surface area contributed by atoms with Crippen molar-refractivity contribution in [2.45, 2.75) is 32.4 Å². The topological polar surface area (TPSA) is 42.4 Å². The van der Waals surface area contributed by atoms with Gasteiger partial charge in [0.1, 0.15) is 11.3 Å². The van der Waals surface area contributed by atoms with Crippen LogP contribution in [0.1, 0.15) is 31.2 Å². The van der Waals surface area contributed by atoms with Crippen LogP contribution in [0.2, 0.25) is 0 Å². The number of rotatable bonds is 3. The molecule has 2 rings (SSSR count). The fourth-order valence-electron chi connectivity index (χ4n) is 2.01. The monoisotopic (exact) mass is 246 g/mol. The molecule has 0 aliphatic rings. The number of likely N-dealkylation sites (N-methyl/N-ethyl adjacent to an activating group) is 1. The van der Waals surface area contributed by atoms with Gasteiger partial charge in [-0.15, -0.1) is 0 Å². The quantitative estimate of drug-likeness (QED) is 0.905. The van der Waals surface area contributed by atoms with E-state index >= 15 is 0 Å². The molecule has 2 aromatic rings. The summed E-state index contributed by atoms with van der Waals surface area (Å²) < 4.78 is 5.95. The SMILES string of the molecule is Cc1cccc2cc(C(N)C(C)(C)N(C)C)oc12. The average Bonchev–Trinajstić information content (AvgIpc) is 2.73. The molecule has 0 aliphatic heterocycles. The highest BCUT2D eigenvalue weighted by Crippen LogP contribution is 2.32. The van der Waals surface area contributed by atoms with Crippen LogP contribution in [0.25, 0.3) is 11.0 Å². The molecule has 1 atom stereocenters. The Balaban J connectivity index is 2.46. The number of hydrogen-bond donors (Lipinski definition) is 1. The minimum atomic E-state index is -0.153. The number of aryl methyl sites for hydroxylation is 1. The van der Waals surface area contributed by atoms with E-state index < -0.39 is 0 Å². The minimum Gasteiger partial charge on any atom is -0.459 e. The zero-order valence-corrected chi connectivity index (χ0v) is 11.8. The van der Waals surface area contributed by atoms with Crippen molar-refractivity contribution in [2.24, 2.45) is 5.73 Å². The van der Waals surface area contributed by atoms with E-state index in [0.29, 0.717) is 0 Å². The molecule has 0 spiro atoms. The Kier molecular flexibility index (Phi) is 3.21. The Hall–Kier alpha value is -1.32. The number of nitrogens with zero attached hydrogens (tertiary/aromatic N) is 1. The lowest BCUT2D eigenvalue weighted by atomic mass is 9.92. The third-order valence-electron chi connectivity index (χ3n) is 3.98. The molecule has 1 heterocycles. The van der Waals surface area contributed by atoms with E-state index in [4.69, 9.17) is 10.2 Å². The number of benzene rings is 1. The molecule has 0 fully saturated rings. The minimum absolute atomic E-state index is 0.151. The van der Waals surface area contributed by atoms with Gasteiger partial charge in [-0.3, -0.25) is 0 Å². The highest BCUT2D eigenvalue weighted by atomic mass is 16.3. The van der Waals surface area contributed by atoms with Crippen molar-refractivity contribution in [1.29, 1.82) is 0 Å². The van der Waals surface area contributed by atoms with Gasteiger partial charge in [0.25, 0.3) is 0 Å². The largest absolute Gasteiger partial charge is 0.459 e. The summed E-state index contributed by atoms with van der Waals surface area (Å²) in [4.78, 5) is 2.12. The Morgan fingerprint density at radius 3 is 2.50 bits per heavy atom. The second-order valence-corrected chi connectivity index (χ2v) is 5.67. The summed E-state index contributed by atoms with van der Waals surface area (Å²) in [6.07, 6.45) is 0. The summed E-state index contributed by atoms with van der Waals surface area (Å²) >= 11 is 0. The molecular formula is C15H22N2O. The first-order valence-electron chi connectivity index (χ1n) is 6.26. The Morgan fingerprint density at radius 1 is 1.28 bits per heavy atom. The fourth-order valence-corrected chi connectivity index (χ4v) is 2.01. The number of furan rings is 1. The maximum atomic E-state index is 6.35. The van der Waals surface area contributed by atoms with Gasteiger partial charge in [-0.1, -0.05) is 18.2 Å². The van der Waals surface area contributed by atoms with Gasteiger partial charge < -0.3 is 15.1 Å². The van der Waals surface area contributed by atoms with E-state index in [9.17, 15) is 0 Å². The second kappa shape index (κ2) is 4.41. The average molecular weight is 246 g/mol. The van der Waals surface area contributed by atoms with Crippen molar-refractivity contribution in [3.63, 3.8) is 0 Å². The lowest BCUT2D eigenvalue weighted by molar-refractivity contribution is 0.148. The van der Waals surface area contributed by atoms with Crippen LogP contribution in [-0.4, -0.2) is 24.5 Å². The Bertz CT molecular complexity index is 555. The van der Waals surface area contributed by atoms with Crippen molar-refractivity contribution >= 4 is 11.0 Å². The molecule has 0 amide bonds. The van der Waals surface area contributed by atoms with Gasteiger partial charge in [0.15, 0.2) is 0 Å². The van der Waals surface area contributed by atoms with Crippen LogP contribution >= 0.6 is 0 Å². The van der Waals surface area contributed by atoms with E-state index in [1.54, 1.807) is 0 Å². The maximum absolute atomic E-state index is 6.35. The first-order chi connectivity index (χ1) is 8.34. The van der Waals surface area contributed by atoms with Gasteiger partial charge in [0.2, 0.25) is 0 Å². The molecule has 1 unspecified atom stereocenters. The molecule has 1 aromatic carbocycles. The third kappa shape index (κ3) is 2.04. The fraction of sp³-hybridized carbons (Fsp3) is 0.467.